The third kappa shape index (κ3) is 4.69. The van der Waals surface area contributed by atoms with E-state index >= 15 is 0 Å². The van der Waals surface area contributed by atoms with Gasteiger partial charge in [0.2, 0.25) is 10.0 Å². The lowest BCUT2D eigenvalue weighted by Gasteiger charge is -2.23. The SMILES string of the molecule is CSCC[C@](C)(O)CNS(=O)(=O)c1c(F)cccc1F. The molecule has 2 N–H and O–H groups in total. The van der Waals surface area contributed by atoms with Crippen LogP contribution in [0.5, 0.6) is 0 Å². The lowest BCUT2D eigenvalue weighted by molar-refractivity contribution is 0.0625. The molecule has 0 aliphatic rings. The van der Waals surface area contributed by atoms with Gasteiger partial charge in [0.05, 0.1) is 5.60 Å². The largest absolute Gasteiger partial charge is 0.389 e. The summed E-state index contributed by atoms with van der Waals surface area (Å²) >= 11 is 1.51. The van der Waals surface area contributed by atoms with Crippen molar-refractivity contribution in [2.75, 3.05) is 18.6 Å². The Balaban J connectivity index is 2.86. The predicted molar refractivity (Wildman–Crippen MR) is 75.2 cm³/mol. The molecule has 1 aromatic carbocycles. The number of nitrogens with one attached hydrogen (secondary N) is 1. The zero-order valence-corrected chi connectivity index (χ0v) is 12.8. The summed E-state index contributed by atoms with van der Waals surface area (Å²) in [4.78, 5) is -1.03. The van der Waals surface area contributed by atoms with Crippen molar-refractivity contribution < 1.29 is 22.3 Å². The van der Waals surface area contributed by atoms with E-state index in [1.807, 2.05) is 11.0 Å². The first kappa shape index (κ1) is 17.4. The number of aliphatic hydroxyl groups is 1. The Morgan fingerprint density at radius 3 is 2.40 bits per heavy atom. The van der Waals surface area contributed by atoms with Gasteiger partial charge in [0.15, 0.2) is 4.90 Å². The van der Waals surface area contributed by atoms with Gasteiger partial charge in [0.1, 0.15) is 11.6 Å². The highest BCUT2D eigenvalue weighted by molar-refractivity contribution is 7.98. The van der Waals surface area contributed by atoms with Crippen LogP contribution in [0, 0.1) is 11.6 Å². The molecule has 1 atom stereocenters. The summed E-state index contributed by atoms with van der Waals surface area (Å²) in [6.07, 6.45) is 2.21. The third-order valence-electron chi connectivity index (χ3n) is 2.68. The number of benzene rings is 1. The summed E-state index contributed by atoms with van der Waals surface area (Å²) < 4.78 is 52.7. The standard InChI is InChI=1S/C12H17F2NO3S2/c1-12(16,6-7-19-2)8-15-20(17,18)11-9(13)4-3-5-10(11)14/h3-5,15-16H,6-8H2,1-2H3/t12-/m0/s1. The van der Waals surface area contributed by atoms with Gasteiger partial charge < -0.3 is 5.11 Å². The second-order valence-corrected chi connectivity index (χ2v) is 7.30. The summed E-state index contributed by atoms with van der Waals surface area (Å²) in [5.41, 5.74) is -1.28. The minimum absolute atomic E-state index is 0.316. The molecule has 0 spiro atoms. The van der Waals surface area contributed by atoms with Gasteiger partial charge in [-0.15, -0.1) is 0 Å². The third-order valence-corrected chi connectivity index (χ3v) is 4.74. The minimum Gasteiger partial charge on any atom is -0.389 e. The van der Waals surface area contributed by atoms with Gasteiger partial charge in [-0.05, 0) is 37.5 Å². The van der Waals surface area contributed by atoms with Crippen molar-refractivity contribution in [2.45, 2.75) is 23.8 Å². The van der Waals surface area contributed by atoms with E-state index in [-0.39, 0.29) is 6.54 Å². The molecule has 4 nitrogen and oxygen atoms in total. The molecule has 0 saturated heterocycles. The summed E-state index contributed by atoms with van der Waals surface area (Å²) in [6.45, 7) is 1.15. The van der Waals surface area contributed by atoms with Crippen LogP contribution in [0.1, 0.15) is 13.3 Å². The van der Waals surface area contributed by atoms with E-state index < -0.39 is 32.2 Å². The van der Waals surface area contributed by atoms with Gasteiger partial charge in [0.25, 0.3) is 0 Å². The van der Waals surface area contributed by atoms with Gasteiger partial charge in [0, 0.05) is 6.54 Å². The number of hydrogen-bond acceptors (Lipinski definition) is 4. The first-order valence-electron chi connectivity index (χ1n) is 5.84. The predicted octanol–water partition coefficient (Wildman–Crippen LogP) is 1.75. The zero-order valence-electron chi connectivity index (χ0n) is 11.2. The molecule has 114 valence electrons. The highest BCUT2D eigenvalue weighted by Crippen LogP contribution is 2.19. The van der Waals surface area contributed by atoms with Gasteiger partial charge >= 0.3 is 0 Å². The number of thioether (sulfide) groups is 1. The Morgan fingerprint density at radius 1 is 1.35 bits per heavy atom. The highest BCUT2D eigenvalue weighted by Gasteiger charge is 2.27. The van der Waals surface area contributed by atoms with Gasteiger partial charge in [-0.25, -0.2) is 21.9 Å². The van der Waals surface area contributed by atoms with Crippen LogP contribution in [0.3, 0.4) is 0 Å². The molecule has 0 aliphatic carbocycles. The Labute approximate surface area is 121 Å². The summed E-state index contributed by atoms with van der Waals surface area (Å²) in [6, 6.07) is 2.81. The number of rotatable bonds is 7. The topological polar surface area (TPSA) is 66.4 Å². The second kappa shape index (κ2) is 6.84. The fraction of sp³-hybridized carbons (Fsp3) is 0.500. The summed E-state index contributed by atoms with van der Waals surface area (Å²) in [5, 5.41) is 9.97. The normalized spacial score (nSPS) is 15.1. The number of hydrogen-bond donors (Lipinski definition) is 2. The zero-order chi connectivity index (χ0) is 15.4. The van der Waals surface area contributed by atoms with Crippen LogP contribution in [0.4, 0.5) is 8.78 Å². The molecule has 0 amide bonds. The molecule has 1 aromatic rings. The number of sulfonamides is 1. The lowest BCUT2D eigenvalue weighted by atomic mass is 10.1. The van der Waals surface area contributed by atoms with Crippen molar-refractivity contribution in [3.63, 3.8) is 0 Å². The van der Waals surface area contributed by atoms with Crippen molar-refractivity contribution in [2.24, 2.45) is 0 Å². The first-order valence-corrected chi connectivity index (χ1v) is 8.72. The van der Waals surface area contributed by atoms with Crippen molar-refractivity contribution in [1.82, 2.24) is 4.72 Å². The van der Waals surface area contributed by atoms with Gasteiger partial charge in [-0.2, -0.15) is 11.8 Å². The molecule has 0 bridgehead atoms. The van der Waals surface area contributed by atoms with Crippen molar-refractivity contribution >= 4 is 21.8 Å². The van der Waals surface area contributed by atoms with E-state index in [1.54, 1.807) is 0 Å². The smallest absolute Gasteiger partial charge is 0.246 e. The van der Waals surface area contributed by atoms with E-state index in [2.05, 4.69) is 0 Å². The number of halogens is 2. The van der Waals surface area contributed by atoms with Crippen LogP contribution in [0.2, 0.25) is 0 Å². The first-order chi connectivity index (χ1) is 9.19. The van der Waals surface area contributed by atoms with E-state index in [9.17, 15) is 22.3 Å². The Morgan fingerprint density at radius 2 is 1.90 bits per heavy atom. The van der Waals surface area contributed by atoms with Gasteiger partial charge in [-0.1, -0.05) is 6.07 Å². The van der Waals surface area contributed by atoms with Crippen molar-refractivity contribution in [3.8, 4) is 0 Å². The second-order valence-electron chi connectivity index (χ2n) is 4.62. The Kier molecular flexibility index (Phi) is 5.93. The van der Waals surface area contributed by atoms with Crippen molar-refractivity contribution in [3.05, 3.63) is 29.8 Å². The fourth-order valence-corrected chi connectivity index (χ4v) is 3.41. The van der Waals surface area contributed by atoms with Crippen LogP contribution in [0.15, 0.2) is 23.1 Å². The minimum atomic E-state index is -4.35. The van der Waals surface area contributed by atoms with Crippen LogP contribution in [-0.2, 0) is 10.0 Å². The van der Waals surface area contributed by atoms with Crippen LogP contribution < -0.4 is 4.72 Å². The molecule has 8 heteroatoms. The molecular weight excluding hydrogens is 308 g/mol. The van der Waals surface area contributed by atoms with Crippen LogP contribution in [0.25, 0.3) is 0 Å². The molecule has 0 unspecified atom stereocenters. The highest BCUT2D eigenvalue weighted by atomic mass is 32.2. The maximum atomic E-state index is 13.4. The average Bonchev–Trinajstić information content (AvgIpc) is 2.34. The molecule has 0 heterocycles. The van der Waals surface area contributed by atoms with Crippen LogP contribution in [-0.4, -0.2) is 37.7 Å². The Bertz CT molecular complexity index is 542. The average molecular weight is 325 g/mol. The van der Waals surface area contributed by atoms with E-state index in [1.165, 1.54) is 18.7 Å². The van der Waals surface area contributed by atoms with E-state index in [4.69, 9.17) is 0 Å². The molecule has 1 rings (SSSR count). The van der Waals surface area contributed by atoms with Crippen LogP contribution >= 0.6 is 11.8 Å². The van der Waals surface area contributed by atoms with E-state index in [0.29, 0.717) is 12.2 Å². The quantitative estimate of drug-likeness (QED) is 0.801. The Hall–Kier alpha value is -0.700. The molecule has 0 aliphatic heterocycles. The maximum absolute atomic E-state index is 13.4. The molecule has 0 fully saturated rings. The monoisotopic (exact) mass is 325 g/mol. The molecule has 20 heavy (non-hydrogen) atoms. The molecule has 0 aromatic heterocycles. The molecule has 0 radical (unpaired) electrons. The van der Waals surface area contributed by atoms with Gasteiger partial charge in [-0.3, -0.25) is 0 Å². The molecule has 0 saturated carbocycles. The van der Waals surface area contributed by atoms with Crippen molar-refractivity contribution in [1.29, 1.82) is 0 Å². The summed E-state index contributed by atoms with van der Waals surface area (Å²) in [7, 11) is -4.35. The summed E-state index contributed by atoms with van der Waals surface area (Å²) in [5.74, 6) is -1.69. The maximum Gasteiger partial charge on any atom is 0.246 e. The van der Waals surface area contributed by atoms with E-state index in [0.717, 1.165) is 18.2 Å². The fourth-order valence-electron chi connectivity index (χ4n) is 1.47. The molecular formula is C12H17F2NO3S2. The lowest BCUT2D eigenvalue weighted by Crippen LogP contribution is -2.41.